The van der Waals surface area contributed by atoms with Crippen LogP contribution in [0.4, 0.5) is 0 Å². The molecule has 0 aromatic carbocycles. The minimum Gasteiger partial charge on any atom is -0.463 e. The van der Waals surface area contributed by atoms with Crippen molar-refractivity contribution in [3.8, 4) is 0 Å². The molecule has 0 saturated heterocycles. The standard InChI is InChI=1S/C12H18N6OS2/c1-3-13-11(20)17-15-8-9(10-6-5-7-19-10)16-18-12(21)14-4-2/h5-8H,3-4H2,1-2H3,(H2,13,17,20)(H2,14,18,21)/b15-8+,16-9-. The van der Waals surface area contributed by atoms with Gasteiger partial charge in [0.25, 0.3) is 0 Å². The predicted molar refractivity (Wildman–Crippen MR) is 93.9 cm³/mol. The van der Waals surface area contributed by atoms with E-state index in [2.05, 4.69) is 56.3 Å². The Morgan fingerprint density at radius 2 is 1.81 bits per heavy atom. The maximum absolute atomic E-state index is 5.27. The molecule has 21 heavy (non-hydrogen) atoms. The van der Waals surface area contributed by atoms with E-state index in [1.807, 2.05) is 13.8 Å². The molecule has 0 fully saturated rings. The lowest BCUT2D eigenvalue weighted by atomic mass is 10.3. The van der Waals surface area contributed by atoms with Gasteiger partial charge >= 0.3 is 0 Å². The molecule has 114 valence electrons. The predicted octanol–water partition coefficient (Wildman–Crippen LogP) is 1.76. The molecule has 1 aromatic rings. The average Bonchev–Trinajstić information content (AvgIpc) is 2.97. The van der Waals surface area contributed by atoms with Gasteiger partial charge < -0.3 is 15.1 Å². The van der Waals surface area contributed by atoms with Crippen molar-refractivity contribution < 1.29 is 4.42 Å². The Labute approximate surface area is 134 Å². The summed E-state index contributed by atoms with van der Waals surface area (Å²) in [5.74, 6) is 0.527. The fourth-order valence-corrected chi connectivity index (χ4v) is 1.60. The summed E-state index contributed by atoms with van der Waals surface area (Å²) in [6.07, 6.45) is 2.98. The zero-order chi connectivity index (χ0) is 15.5. The number of hydrogen-bond donors (Lipinski definition) is 4. The Hall–Kier alpha value is -1.74. The van der Waals surface area contributed by atoms with Crippen LogP contribution in [0.2, 0.25) is 0 Å². The largest absolute Gasteiger partial charge is 0.463 e. The van der Waals surface area contributed by atoms with Crippen LogP contribution in [0.1, 0.15) is 19.6 Å². The highest BCUT2D eigenvalue weighted by molar-refractivity contribution is 7.97. The van der Waals surface area contributed by atoms with Gasteiger partial charge in [-0.2, -0.15) is 5.10 Å². The van der Waals surface area contributed by atoms with Crippen molar-refractivity contribution in [2.45, 2.75) is 13.8 Å². The first kappa shape index (κ1) is 17.3. The molecular weight excluding hydrogens is 308 g/mol. The van der Waals surface area contributed by atoms with Crippen LogP contribution in [-0.4, -0.2) is 35.4 Å². The molecule has 0 spiro atoms. The summed E-state index contributed by atoms with van der Waals surface area (Å²) < 4.78 is 5.27. The van der Waals surface area contributed by atoms with Crippen molar-refractivity contribution in [1.29, 1.82) is 0 Å². The van der Waals surface area contributed by atoms with E-state index in [4.69, 9.17) is 4.42 Å². The molecule has 2 N–H and O–H groups in total. The molecule has 1 rings (SSSR count). The zero-order valence-electron chi connectivity index (χ0n) is 11.8. The zero-order valence-corrected chi connectivity index (χ0v) is 13.6. The quantitative estimate of drug-likeness (QED) is 0.278. The summed E-state index contributed by atoms with van der Waals surface area (Å²) in [5.41, 5.74) is 0.422. The Balaban J connectivity index is 2.89. The lowest BCUT2D eigenvalue weighted by Crippen LogP contribution is -2.17. The first-order chi connectivity index (χ1) is 10.2. The van der Waals surface area contributed by atoms with Gasteiger partial charge in [-0.25, -0.2) is 0 Å². The van der Waals surface area contributed by atoms with Gasteiger partial charge in [0, 0.05) is 13.1 Å². The summed E-state index contributed by atoms with van der Waals surface area (Å²) in [6, 6.07) is 3.50. The van der Waals surface area contributed by atoms with E-state index in [0.29, 0.717) is 34.9 Å². The highest BCUT2D eigenvalue weighted by atomic mass is 32.1. The molecule has 0 amide bonds. The van der Waals surface area contributed by atoms with E-state index in [0.717, 1.165) is 0 Å². The molecule has 1 heterocycles. The van der Waals surface area contributed by atoms with Gasteiger partial charge in [0.05, 0.1) is 12.5 Å². The number of amidine groups is 2. The van der Waals surface area contributed by atoms with Gasteiger partial charge in [-0.15, -0.1) is 40.6 Å². The average molecular weight is 326 g/mol. The van der Waals surface area contributed by atoms with Crippen LogP contribution < -0.4 is 10.6 Å². The van der Waals surface area contributed by atoms with E-state index in [1.165, 1.54) is 6.21 Å². The molecule has 0 aliphatic carbocycles. The normalized spacial score (nSPS) is 13.8. The molecule has 0 aliphatic rings. The van der Waals surface area contributed by atoms with E-state index in [-0.39, 0.29) is 0 Å². The van der Waals surface area contributed by atoms with E-state index >= 15 is 0 Å². The van der Waals surface area contributed by atoms with Crippen LogP contribution in [0.3, 0.4) is 0 Å². The first-order valence-electron chi connectivity index (χ1n) is 6.33. The van der Waals surface area contributed by atoms with Gasteiger partial charge in [0.15, 0.2) is 16.1 Å². The second-order valence-electron chi connectivity index (χ2n) is 3.61. The molecule has 0 aliphatic heterocycles. The highest BCUT2D eigenvalue weighted by Gasteiger charge is 2.04. The lowest BCUT2D eigenvalue weighted by molar-refractivity contribution is 0.558. The third kappa shape index (κ3) is 7.00. The van der Waals surface area contributed by atoms with E-state index in [1.54, 1.807) is 18.4 Å². The third-order valence-corrected chi connectivity index (χ3v) is 2.52. The lowest BCUT2D eigenvalue weighted by Gasteiger charge is -1.98. The molecule has 7 nitrogen and oxygen atoms in total. The summed E-state index contributed by atoms with van der Waals surface area (Å²) in [5, 5.41) is 22.4. The number of thiol groups is 2. The molecule has 0 unspecified atom stereocenters. The summed E-state index contributed by atoms with van der Waals surface area (Å²) in [4.78, 5) is 0. The molecule has 0 radical (unpaired) electrons. The number of nitrogens with one attached hydrogen (secondary N) is 2. The maximum Gasteiger partial charge on any atom is 0.180 e. The monoisotopic (exact) mass is 326 g/mol. The van der Waals surface area contributed by atoms with Crippen molar-refractivity contribution in [2.24, 2.45) is 20.4 Å². The van der Waals surface area contributed by atoms with Gasteiger partial charge in [0.2, 0.25) is 0 Å². The van der Waals surface area contributed by atoms with Crippen molar-refractivity contribution in [2.75, 3.05) is 13.1 Å². The van der Waals surface area contributed by atoms with Gasteiger partial charge in [-0.3, -0.25) is 0 Å². The van der Waals surface area contributed by atoms with E-state index in [9.17, 15) is 0 Å². The molecule has 0 saturated carbocycles. The Morgan fingerprint density at radius 3 is 2.38 bits per heavy atom. The second-order valence-corrected chi connectivity index (χ2v) is 4.46. The Bertz CT molecular complexity index is 536. The topological polar surface area (TPSA) is 86.6 Å². The molecule has 9 heteroatoms. The number of furan rings is 1. The molecule has 0 atom stereocenters. The SMILES string of the molecule is CCN/C(S)=N/N=C(/C=N/N=C(\S)NCC)c1ccco1. The second kappa shape index (κ2) is 10.1. The van der Waals surface area contributed by atoms with Gasteiger partial charge in [-0.05, 0) is 26.0 Å². The molecular formula is C12H18N6OS2. The van der Waals surface area contributed by atoms with Crippen molar-refractivity contribution in [1.82, 2.24) is 10.6 Å². The third-order valence-electron chi connectivity index (χ3n) is 2.03. The van der Waals surface area contributed by atoms with Crippen LogP contribution >= 0.6 is 25.3 Å². The smallest absolute Gasteiger partial charge is 0.180 e. The minimum atomic E-state index is 0.404. The van der Waals surface area contributed by atoms with Gasteiger partial charge in [0.1, 0.15) is 5.71 Å². The van der Waals surface area contributed by atoms with E-state index < -0.39 is 0 Å². The fraction of sp³-hybridized carbons (Fsp3) is 0.333. The van der Waals surface area contributed by atoms with Crippen molar-refractivity contribution >= 4 is 47.5 Å². The maximum atomic E-state index is 5.27. The summed E-state index contributed by atoms with van der Waals surface area (Å²) >= 11 is 8.25. The molecule has 0 bridgehead atoms. The molecule has 1 aromatic heterocycles. The fourth-order valence-electron chi connectivity index (χ4n) is 1.19. The Kier molecular flexibility index (Phi) is 8.29. The van der Waals surface area contributed by atoms with Crippen LogP contribution in [0.25, 0.3) is 0 Å². The minimum absolute atomic E-state index is 0.404. The van der Waals surface area contributed by atoms with Crippen LogP contribution in [-0.2, 0) is 0 Å². The first-order valence-corrected chi connectivity index (χ1v) is 7.23. The summed E-state index contributed by atoms with van der Waals surface area (Å²) in [7, 11) is 0. The Morgan fingerprint density at radius 1 is 1.14 bits per heavy atom. The van der Waals surface area contributed by atoms with Crippen LogP contribution in [0, 0.1) is 0 Å². The van der Waals surface area contributed by atoms with Gasteiger partial charge in [-0.1, -0.05) is 0 Å². The van der Waals surface area contributed by atoms with Crippen LogP contribution in [0.5, 0.6) is 0 Å². The van der Waals surface area contributed by atoms with Crippen LogP contribution in [0.15, 0.2) is 43.2 Å². The van der Waals surface area contributed by atoms with Crippen molar-refractivity contribution in [3.63, 3.8) is 0 Å². The van der Waals surface area contributed by atoms with Crippen molar-refractivity contribution in [3.05, 3.63) is 24.2 Å². The number of rotatable bonds is 6. The summed E-state index contributed by atoms with van der Waals surface area (Å²) in [6.45, 7) is 5.30. The highest BCUT2D eigenvalue weighted by Crippen LogP contribution is 2.02. The number of nitrogens with zero attached hydrogens (tertiary/aromatic N) is 4. The number of hydrogen-bond acceptors (Lipinski definition) is 5.